The summed E-state index contributed by atoms with van der Waals surface area (Å²) < 4.78 is 1.35. The molecule has 0 amide bonds. The van der Waals surface area contributed by atoms with E-state index in [0.29, 0.717) is 5.56 Å². The van der Waals surface area contributed by atoms with Crippen LogP contribution in [-0.2, 0) is 6.54 Å². The van der Waals surface area contributed by atoms with Crippen molar-refractivity contribution in [1.29, 1.82) is 5.26 Å². The SMILES string of the molecule is Cc1cc(C#N)ccc1Cn1cc(C(=O)O)ccc1=O. The Labute approximate surface area is 115 Å². The summed E-state index contributed by atoms with van der Waals surface area (Å²) in [5.41, 5.74) is 2.11. The number of carboxylic acids is 1. The van der Waals surface area contributed by atoms with E-state index < -0.39 is 5.97 Å². The largest absolute Gasteiger partial charge is 0.478 e. The van der Waals surface area contributed by atoms with E-state index in [1.807, 2.05) is 13.0 Å². The number of pyridine rings is 1. The zero-order valence-electron chi connectivity index (χ0n) is 10.8. The highest BCUT2D eigenvalue weighted by Crippen LogP contribution is 2.12. The van der Waals surface area contributed by atoms with Crippen molar-refractivity contribution in [2.75, 3.05) is 0 Å². The van der Waals surface area contributed by atoms with Gasteiger partial charge >= 0.3 is 5.97 Å². The zero-order valence-corrected chi connectivity index (χ0v) is 10.8. The molecule has 1 aromatic heterocycles. The van der Waals surface area contributed by atoms with Crippen molar-refractivity contribution in [1.82, 2.24) is 4.57 Å². The standard InChI is InChI=1S/C15H12N2O3/c1-10-6-11(7-16)2-3-12(10)8-17-9-13(15(19)20)4-5-14(17)18/h2-6,9H,8H2,1H3,(H,19,20). The molecule has 0 bridgehead atoms. The molecular formula is C15H12N2O3. The van der Waals surface area contributed by atoms with Crippen molar-refractivity contribution in [2.24, 2.45) is 0 Å². The fraction of sp³-hybridized carbons (Fsp3) is 0.133. The fourth-order valence-electron chi connectivity index (χ4n) is 1.91. The lowest BCUT2D eigenvalue weighted by Gasteiger charge is -2.09. The van der Waals surface area contributed by atoms with Crippen molar-refractivity contribution in [3.63, 3.8) is 0 Å². The van der Waals surface area contributed by atoms with Crippen LogP contribution in [0.4, 0.5) is 0 Å². The number of rotatable bonds is 3. The average Bonchev–Trinajstić information content (AvgIpc) is 2.42. The Morgan fingerprint density at radius 2 is 2.10 bits per heavy atom. The van der Waals surface area contributed by atoms with Gasteiger partial charge in [-0.25, -0.2) is 4.79 Å². The Kier molecular flexibility index (Phi) is 3.67. The molecule has 2 rings (SSSR count). The summed E-state index contributed by atoms with van der Waals surface area (Å²) in [5, 5.41) is 17.8. The minimum absolute atomic E-state index is 0.0656. The molecule has 0 fully saturated rings. The van der Waals surface area contributed by atoms with Gasteiger partial charge in [0, 0.05) is 12.3 Å². The van der Waals surface area contributed by atoms with Crippen LogP contribution < -0.4 is 5.56 Å². The molecule has 0 radical (unpaired) electrons. The molecule has 0 unspecified atom stereocenters. The van der Waals surface area contributed by atoms with E-state index in [9.17, 15) is 9.59 Å². The number of hydrogen-bond acceptors (Lipinski definition) is 3. The van der Waals surface area contributed by atoms with Gasteiger partial charge in [-0.15, -0.1) is 0 Å². The fourth-order valence-corrected chi connectivity index (χ4v) is 1.91. The molecule has 1 N–H and O–H groups in total. The number of nitrogens with zero attached hydrogens (tertiary/aromatic N) is 2. The number of carbonyl (C=O) groups is 1. The highest BCUT2D eigenvalue weighted by Gasteiger charge is 2.07. The van der Waals surface area contributed by atoms with Crippen LogP contribution >= 0.6 is 0 Å². The van der Waals surface area contributed by atoms with Gasteiger partial charge in [-0.1, -0.05) is 6.07 Å². The smallest absolute Gasteiger partial charge is 0.337 e. The summed E-state index contributed by atoms with van der Waals surface area (Å²) in [4.78, 5) is 22.7. The van der Waals surface area contributed by atoms with Crippen molar-refractivity contribution in [3.05, 3.63) is 69.1 Å². The topological polar surface area (TPSA) is 83.1 Å². The van der Waals surface area contributed by atoms with Crippen molar-refractivity contribution in [2.45, 2.75) is 13.5 Å². The minimum atomic E-state index is -1.07. The lowest BCUT2D eigenvalue weighted by molar-refractivity contribution is 0.0696. The molecule has 5 heteroatoms. The highest BCUT2D eigenvalue weighted by atomic mass is 16.4. The highest BCUT2D eigenvalue weighted by molar-refractivity contribution is 5.87. The van der Waals surface area contributed by atoms with Crippen LogP contribution in [-0.4, -0.2) is 15.6 Å². The number of aromatic nitrogens is 1. The van der Waals surface area contributed by atoms with E-state index in [1.165, 1.54) is 22.9 Å². The van der Waals surface area contributed by atoms with Gasteiger partial charge in [0.25, 0.3) is 5.56 Å². The second-order valence-electron chi connectivity index (χ2n) is 4.44. The van der Waals surface area contributed by atoms with Crippen LogP contribution in [0.1, 0.15) is 27.0 Å². The summed E-state index contributed by atoms with van der Waals surface area (Å²) in [6, 6.07) is 9.76. The quantitative estimate of drug-likeness (QED) is 0.919. The minimum Gasteiger partial charge on any atom is -0.478 e. The van der Waals surface area contributed by atoms with Crippen LogP contribution in [0.25, 0.3) is 0 Å². The molecule has 0 aliphatic rings. The van der Waals surface area contributed by atoms with Gasteiger partial charge < -0.3 is 9.67 Å². The lowest BCUT2D eigenvalue weighted by Crippen LogP contribution is -2.21. The molecule has 0 aliphatic carbocycles. The maximum Gasteiger partial charge on any atom is 0.337 e. The Bertz CT molecular complexity index is 769. The summed E-state index contributed by atoms with van der Waals surface area (Å²) in [6.07, 6.45) is 1.32. The normalized spacial score (nSPS) is 10.0. The number of aromatic carboxylic acids is 1. The molecule has 1 aromatic carbocycles. The Morgan fingerprint density at radius 1 is 1.35 bits per heavy atom. The van der Waals surface area contributed by atoms with E-state index in [1.54, 1.807) is 18.2 Å². The molecule has 0 saturated heterocycles. The maximum atomic E-state index is 11.8. The van der Waals surface area contributed by atoms with Gasteiger partial charge in [-0.2, -0.15) is 5.26 Å². The summed E-state index contributed by atoms with van der Waals surface area (Å²) in [5.74, 6) is -1.07. The first-order valence-electron chi connectivity index (χ1n) is 5.94. The van der Waals surface area contributed by atoms with Crippen LogP contribution in [0.2, 0.25) is 0 Å². The van der Waals surface area contributed by atoms with Crippen LogP contribution in [0.5, 0.6) is 0 Å². The van der Waals surface area contributed by atoms with E-state index in [-0.39, 0.29) is 17.7 Å². The number of carboxylic acid groups (broad SMARTS) is 1. The molecule has 0 aliphatic heterocycles. The van der Waals surface area contributed by atoms with Crippen molar-refractivity contribution in [3.8, 4) is 6.07 Å². The van der Waals surface area contributed by atoms with Gasteiger partial charge in [0.05, 0.1) is 23.7 Å². The third kappa shape index (κ3) is 2.75. The van der Waals surface area contributed by atoms with Gasteiger partial charge in [0.2, 0.25) is 0 Å². The molecular weight excluding hydrogens is 256 g/mol. The first kappa shape index (κ1) is 13.6. The van der Waals surface area contributed by atoms with Crippen molar-refractivity contribution >= 4 is 5.97 Å². The maximum absolute atomic E-state index is 11.8. The Balaban J connectivity index is 2.40. The van der Waals surface area contributed by atoms with E-state index in [0.717, 1.165) is 11.1 Å². The van der Waals surface area contributed by atoms with Crippen molar-refractivity contribution < 1.29 is 9.90 Å². The molecule has 100 valence electrons. The predicted molar refractivity (Wildman–Crippen MR) is 72.7 cm³/mol. The van der Waals surface area contributed by atoms with Gasteiger partial charge in [-0.05, 0) is 36.2 Å². The first-order valence-corrected chi connectivity index (χ1v) is 5.94. The number of nitriles is 1. The van der Waals surface area contributed by atoms with E-state index in [4.69, 9.17) is 10.4 Å². The molecule has 0 saturated carbocycles. The summed E-state index contributed by atoms with van der Waals surface area (Å²) in [6.45, 7) is 2.12. The molecule has 1 heterocycles. The first-order chi connectivity index (χ1) is 9.51. The molecule has 20 heavy (non-hydrogen) atoms. The third-order valence-corrected chi connectivity index (χ3v) is 3.04. The molecule has 0 spiro atoms. The number of hydrogen-bond donors (Lipinski definition) is 1. The summed E-state index contributed by atoms with van der Waals surface area (Å²) in [7, 11) is 0. The molecule has 0 atom stereocenters. The Hall–Kier alpha value is -2.87. The van der Waals surface area contributed by atoms with Crippen LogP contribution in [0.3, 0.4) is 0 Å². The molecule has 5 nitrogen and oxygen atoms in total. The second kappa shape index (κ2) is 5.41. The average molecular weight is 268 g/mol. The number of aryl methyl sites for hydroxylation is 1. The van der Waals surface area contributed by atoms with E-state index in [2.05, 4.69) is 0 Å². The summed E-state index contributed by atoms with van der Waals surface area (Å²) >= 11 is 0. The predicted octanol–water partition coefficient (Wildman–Crippen LogP) is 1.77. The monoisotopic (exact) mass is 268 g/mol. The lowest BCUT2D eigenvalue weighted by atomic mass is 10.1. The van der Waals surface area contributed by atoms with Crippen LogP contribution in [0.15, 0.2) is 41.3 Å². The second-order valence-corrected chi connectivity index (χ2v) is 4.44. The third-order valence-electron chi connectivity index (χ3n) is 3.04. The number of benzene rings is 1. The van der Waals surface area contributed by atoms with Gasteiger partial charge in [0.15, 0.2) is 0 Å². The van der Waals surface area contributed by atoms with Gasteiger partial charge in [0.1, 0.15) is 0 Å². The van der Waals surface area contributed by atoms with E-state index >= 15 is 0 Å². The van der Waals surface area contributed by atoms with Gasteiger partial charge in [-0.3, -0.25) is 4.79 Å². The van der Waals surface area contributed by atoms with Crippen LogP contribution in [0, 0.1) is 18.3 Å². The zero-order chi connectivity index (χ0) is 14.7. The molecule has 2 aromatic rings. The Morgan fingerprint density at radius 3 is 2.70 bits per heavy atom.